The number of nitrogens with one attached hydrogen (secondary N) is 2. The minimum absolute atomic E-state index is 0.267. The lowest BCUT2D eigenvalue weighted by Gasteiger charge is -2.34. The fourth-order valence-corrected chi connectivity index (χ4v) is 3.45. The molecular weight excluding hydrogens is 385 g/mol. The third-order valence-corrected chi connectivity index (χ3v) is 5.19. The van der Waals surface area contributed by atoms with E-state index in [1.165, 1.54) is 18.2 Å². The van der Waals surface area contributed by atoms with Gasteiger partial charge in [-0.15, -0.1) is 0 Å². The van der Waals surface area contributed by atoms with Crippen molar-refractivity contribution in [1.82, 2.24) is 24.8 Å². The first kappa shape index (κ1) is 20.0. The number of nitrogens with zero attached hydrogens (tertiary/aromatic N) is 5. The Labute approximate surface area is 173 Å². The Hall–Kier alpha value is -3.33. The molecule has 8 nitrogen and oxygen atoms in total. The molecule has 0 aliphatic carbocycles. The summed E-state index contributed by atoms with van der Waals surface area (Å²) in [5.41, 5.74) is 2.24. The van der Waals surface area contributed by atoms with Crippen LogP contribution >= 0.6 is 0 Å². The number of likely N-dealkylation sites (N-methyl/N-ethyl adjacent to an activating group) is 1. The molecule has 0 radical (unpaired) electrons. The van der Waals surface area contributed by atoms with Gasteiger partial charge in [0.25, 0.3) is 5.56 Å². The van der Waals surface area contributed by atoms with Crippen molar-refractivity contribution in [3.63, 3.8) is 0 Å². The number of aromatic nitrogens is 4. The Balaban J connectivity index is 1.57. The number of aryl methyl sites for hydroxylation is 1. The van der Waals surface area contributed by atoms with Crippen LogP contribution in [0, 0.1) is 12.7 Å². The molecule has 0 saturated carbocycles. The van der Waals surface area contributed by atoms with Gasteiger partial charge in [0.2, 0.25) is 11.9 Å². The first-order valence-corrected chi connectivity index (χ1v) is 9.97. The monoisotopic (exact) mass is 409 g/mol. The molecule has 3 heterocycles. The molecule has 3 aromatic rings. The van der Waals surface area contributed by atoms with Crippen molar-refractivity contribution in [2.45, 2.75) is 13.8 Å². The summed E-state index contributed by atoms with van der Waals surface area (Å²) in [5, 5.41) is 2.99. The quantitative estimate of drug-likeness (QED) is 0.669. The first-order valence-electron chi connectivity index (χ1n) is 9.97. The average Bonchev–Trinajstić information content (AvgIpc) is 2.75. The molecule has 1 aliphatic heterocycles. The minimum atomic E-state index is -0.334. The molecule has 4 rings (SSSR count). The second-order valence-electron chi connectivity index (χ2n) is 7.20. The van der Waals surface area contributed by atoms with Crippen LogP contribution in [0.2, 0.25) is 0 Å². The Morgan fingerprint density at radius 3 is 2.53 bits per heavy atom. The van der Waals surface area contributed by atoms with E-state index in [0.29, 0.717) is 22.9 Å². The molecule has 0 atom stereocenters. The largest absolute Gasteiger partial charge is 0.338 e. The Morgan fingerprint density at radius 1 is 1.13 bits per heavy atom. The van der Waals surface area contributed by atoms with Gasteiger partial charge in [-0.25, -0.2) is 19.3 Å². The van der Waals surface area contributed by atoms with Gasteiger partial charge in [0, 0.05) is 49.7 Å². The molecule has 156 valence electrons. The molecule has 9 heteroatoms. The van der Waals surface area contributed by atoms with Crippen LogP contribution in [-0.4, -0.2) is 57.6 Å². The van der Waals surface area contributed by atoms with E-state index in [9.17, 15) is 9.18 Å². The van der Waals surface area contributed by atoms with Crippen molar-refractivity contribution in [1.29, 1.82) is 0 Å². The second kappa shape index (κ2) is 8.58. The molecule has 0 amide bonds. The van der Waals surface area contributed by atoms with E-state index in [0.717, 1.165) is 38.4 Å². The maximum Gasteiger partial charge on any atom is 0.252 e. The summed E-state index contributed by atoms with van der Waals surface area (Å²) in [7, 11) is 0. The molecule has 2 N–H and O–H groups in total. The predicted octanol–water partition coefficient (Wildman–Crippen LogP) is 2.56. The normalized spacial score (nSPS) is 14.7. The van der Waals surface area contributed by atoms with Gasteiger partial charge in [-0.1, -0.05) is 6.92 Å². The SMILES string of the molecule is CCN1CCN(c2ncc(-c3cc(=O)[nH]c(Nc4ccc(F)cc4)n3)c(C)n2)CC1. The fraction of sp³-hybridized carbons (Fsp3) is 0.333. The third-order valence-electron chi connectivity index (χ3n) is 5.19. The number of aromatic amines is 1. The van der Waals surface area contributed by atoms with Gasteiger partial charge in [0.1, 0.15) is 5.82 Å². The molecule has 0 unspecified atom stereocenters. The lowest BCUT2D eigenvalue weighted by atomic mass is 10.2. The molecule has 2 aromatic heterocycles. The van der Waals surface area contributed by atoms with Crippen LogP contribution in [0.5, 0.6) is 0 Å². The van der Waals surface area contributed by atoms with Gasteiger partial charge in [0.15, 0.2) is 0 Å². The lowest BCUT2D eigenvalue weighted by Crippen LogP contribution is -2.46. The highest BCUT2D eigenvalue weighted by atomic mass is 19.1. The average molecular weight is 409 g/mol. The molecule has 1 saturated heterocycles. The van der Waals surface area contributed by atoms with Crippen LogP contribution in [0.15, 0.2) is 41.3 Å². The van der Waals surface area contributed by atoms with E-state index in [2.05, 4.69) is 42.0 Å². The van der Waals surface area contributed by atoms with Gasteiger partial charge in [-0.2, -0.15) is 0 Å². The van der Waals surface area contributed by atoms with Crippen molar-refractivity contribution >= 4 is 17.6 Å². The molecule has 1 fully saturated rings. The van der Waals surface area contributed by atoms with Crippen molar-refractivity contribution in [2.75, 3.05) is 42.9 Å². The van der Waals surface area contributed by atoms with Crippen LogP contribution < -0.4 is 15.8 Å². The van der Waals surface area contributed by atoms with Crippen molar-refractivity contribution in [3.8, 4) is 11.3 Å². The van der Waals surface area contributed by atoms with Crippen molar-refractivity contribution in [3.05, 3.63) is 58.4 Å². The van der Waals surface area contributed by atoms with Crippen LogP contribution in [0.4, 0.5) is 22.0 Å². The number of piperazine rings is 1. The van der Waals surface area contributed by atoms with Crippen LogP contribution in [0.25, 0.3) is 11.3 Å². The molecule has 0 spiro atoms. The zero-order valence-electron chi connectivity index (χ0n) is 17.0. The van der Waals surface area contributed by atoms with E-state index in [-0.39, 0.29) is 17.3 Å². The summed E-state index contributed by atoms with van der Waals surface area (Å²) in [6, 6.07) is 7.23. The Morgan fingerprint density at radius 2 is 1.87 bits per heavy atom. The van der Waals surface area contributed by atoms with Crippen LogP contribution in [0.3, 0.4) is 0 Å². The maximum absolute atomic E-state index is 13.1. The summed E-state index contributed by atoms with van der Waals surface area (Å²) in [6.07, 6.45) is 1.72. The first-order chi connectivity index (χ1) is 14.5. The zero-order chi connectivity index (χ0) is 21.1. The standard InChI is InChI=1S/C21H24FN7O/c1-3-28-8-10-29(11-9-28)21-23-13-17(14(2)24-21)18-12-19(30)27-20(26-18)25-16-6-4-15(22)5-7-16/h4-7,12-13H,3,8-11H2,1-2H3,(H2,25,26,27,30). The lowest BCUT2D eigenvalue weighted by molar-refractivity contribution is 0.270. The number of hydrogen-bond acceptors (Lipinski definition) is 7. The maximum atomic E-state index is 13.1. The highest BCUT2D eigenvalue weighted by Gasteiger charge is 2.19. The summed E-state index contributed by atoms with van der Waals surface area (Å²) >= 11 is 0. The van der Waals surface area contributed by atoms with Crippen molar-refractivity contribution < 1.29 is 4.39 Å². The predicted molar refractivity (Wildman–Crippen MR) is 115 cm³/mol. The molecule has 0 bridgehead atoms. The van der Waals surface area contributed by atoms with Crippen molar-refractivity contribution in [2.24, 2.45) is 0 Å². The number of anilines is 3. The summed E-state index contributed by atoms with van der Waals surface area (Å²) in [6.45, 7) is 8.87. The van der Waals surface area contributed by atoms with Gasteiger partial charge in [0.05, 0.1) is 11.4 Å². The Bertz CT molecular complexity index is 1080. The van der Waals surface area contributed by atoms with Gasteiger partial charge in [-0.05, 0) is 37.7 Å². The van der Waals surface area contributed by atoms with Gasteiger partial charge in [-0.3, -0.25) is 9.78 Å². The fourth-order valence-electron chi connectivity index (χ4n) is 3.45. The van der Waals surface area contributed by atoms with E-state index < -0.39 is 0 Å². The molecular formula is C21H24FN7O. The number of rotatable bonds is 5. The highest BCUT2D eigenvalue weighted by Crippen LogP contribution is 2.22. The second-order valence-corrected chi connectivity index (χ2v) is 7.20. The van der Waals surface area contributed by atoms with E-state index in [4.69, 9.17) is 0 Å². The van der Waals surface area contributed by atoms with Crippen LogP contribution in [0.1, 0.15) is 12.6 Å². The third kappa shape index (κ3) is 4.46. The Kier molecular flexibility index (Phi) is 5.71. The topological polar surface area (TPSA) is 90.0 Å². The van der Waals surface area contributed by atoms with E-state index in [1.807, 2.05) is 6.92 Å². The number of benzene rings is 1. The molecule has 1 aliphatic rings. The molecule has 1 aromatic carbocycles. The summed E-state index contributed by atoms with van der Waals surface area (Å²) < 4.78 is 13.1. The minimum Gasteiger partial charge on any atom is -0.338 e. The number of halogens is 1. The molecule has 30 heavy (non-hydrogen) atoms. The number of H-pyrrole nitrogens is 1. The summed E-state index contributed by atoms with van der Waals surface area (Å²) in [5.74, 6) is 0.629. The number of hydrogen-bond donors (Lipinski definition) is 2. The van der Waals surface area contributed by atoms with E-state index >= 15 is 0 Å². The highest BCUT2D eigenvalue weighted by molar-refractivity contribution is 5.64. The zero-order valence-corrected chi connectivity index (χ0v) is 17.0. The van der Waals surface area contributed by atoms with Gasteiger partial charge < -0.3 is 15.1 Å². The van der Waals surface area contributed by atoms with Crippen LogP contribution in [-0.2, 0) is 0 Å². The van der Waals surface area contributed by atoms with E-state index in [1.54, 1.807) is 18.3 Å². The summed E-state index contributed by atoms with van der Waals surface area (Å²) in [4.78, 5) is 33.1. The van der Waals surface area contributed by atoms with Gasteiger partial charge >= 0.3 is 0 Å². The smallest absolute Gasteiger partial charge is 0.252 e.